The topological polar surface area (TPSA) is 61.9 Å². The van der Waals surface area contributed by atoms with Gasteiger partial charge in [0.25, 0.3) is 5.91 Å². The van der Waals surface area contributed by atoms with Crippen LogP contribution in [-0.2, 0) is 9.53 Å². The predicted octanol–water partition coefficient (Wildman–Crippen LogP) is 2.40. The zero-order chi connectivity index (χ0) is 20.1. The number of hydrogen-bond donors (Lipinski definition) is 1. The lowest BCUT2D eigenvalue weighted by Crippen LogP contribution is -2.49. The molecular formula is C22H27N3O3. The van der Waals surface area contributed by atoms with Gasteiger partial charge in [0.1, 0.15) is 0 Å². The van der Waals surface area contributed by atoms with E-state index < -0.39 is 0 Å². The van der Waals surface area contributed by atoms with Gasteiger partial charge in [0.15, 0.2) is 0 Å². The molecule has 6 heteroatoms. The van der Waals surface area contributed by atoms with E-state index >= 15 is 0 Å². The molecule has 2 amide bonds. The molecule has 148 valence electrons. The number of benzene rings is 2. The Hall–Kier alpha value is -2.86. The smallest absolute Gasteiger partial charge is 0.251 e. The number of para-hydroxylation sites is 1. The largest absolute Gasteiger partial charge is 0.377 e. The van der Waals surface area contributed by atoms with Crippen molar-refractivity contribution in [2.75, 3.05) is 45.2 Å². The number of morpholine rings is 1. The number of carbonyl (C=O) groups is 2. The molecule has 28 heavy (non-hydrogen) atoms. The van der Waals surface area contributed by atoms with Crippen LogP contribution in [0.15, 0.2) is 48.5 Å². The van der Waals surface area contributed by atoms with Crippen LogP contribution in [0.3, 0.4) is 0 Å². The lowest BCUT2D eigenvalue weighted by molar-refractivity contribution is -0.136. The molecular weight excluding hydrogens is 354 g/mol. The van der Waals surface area contributed by atoms with Gasteiger partial charge in [-0.1, -0.05) is 30.3 Å². The van der Waals surface area contributed by atoms with Crippen LogP contribution in [0, 0.1) is 0 Å². The molecule has 1 heterocycles. The minimum Gasteiger partial charge on any atom is -0.377 e. The quantitative estimate of drug-likeness (QED) is 0.864. The lowest BCUT2D eigenvalue weighted by Gasteiger charge is -2.32. The van der Waals surface area contributed by atoms with Crippen LogP contribution in [-0.4, -0.2) is 63.2 Å². The van der Waals surface area contributed by atoms with Gasteiger partial charge < -0.3 is 19.9 Å². The summed E-state index contributed by atoms with van der Waals surface area (Å²) in [5.41, 5.74) is 3.77. The van der Waals surface area contributed by atoms with Gasteiger partial charge in [-0.3, -0.25) is 9.59 Å². The normalized spacial score (nSPS) is 16.5. The van der Waals surface area contributed by atoms with Crippen molar-refractivity contribution in [1.29, 1.82) is 0 Å². The number of amides is 2. The molecule has 1 aliphatic rings. The SMILES string of the molecule is CC(=O)N1CCO[C@@H](CNC(=O)c2cccc(-c3ccccc3N(C)C)c2)C1. The Bertz CT molecular complexity index is 850. The van der Waals surface area contributed by atoms with Crippen molar-refractivity contribution < 1.29 is 14.3 Å². The summed E-state index contributed by atoms with van der Waals surface area (Å²) in [5.74, 6) is -0.111. The highest BCUT2D eigenvalue weighted by Gasteiger charge is 2.22. The Morgan fingerprint density at radius 2 is 1.96 bits per heavy atom. The van der Waals surface area contributed by atoms with E-state index in [2.05, 4.69) is 22.3 Å². The average molecular weight is 381 g/mol. The maximum Gasteiger partial charge on any atom is 0.251 e. The van der Waals surface area contributed by atoms with Gasteiger partial charge in [0.2, 0.25) is 5.91 Å². The standard InChI is InChI=1S/C22H27N3O3/c1-16(26)25-11-12-28-19(15-25)14-23-22(27)18-8-6-7-17(13-18)20-9-4-5-10-21(20)24(2)3/h4-10,13,19H,11-12,14-15H2,1-3H3,(H,23,27)/t19-/m0/s1. The summed E-state index contributed by atoms with van der Waals surface area (Å²) in [6.45, 7) is 3.54. The molecule has 0 bridgehead atoms. The summed E-state index contributed by atoms with van der Waals surface area (Å²) in [7, 11) is 4.01. The Balaban J connectivity index is 1.69. The van der Waals surface area contributed by atoms with E-state index in [1.165, 1.54) is 0 Å². The van der Waals surface area contributed by atoms with E-state index in [0.29, 0.717) is 31.8 Å². The molecule has 0 unspecified atom stereocenters. The number of anilines is 1. The molecule has 1 saturated heterocycles. The molecule has 1 atom stereocenters. The van der Waals surface area contributed by atoms with Gasteiger partial charge in [-0.15, -0.1) is 0 Å². The monoisotopic (exact) mass is 381 g/mol. The van der Waals surface area contributed by atoms with Crippen LogP contribution < -0.4 is 10.2 Å². The summed E-state index contributed by atoms with van der Waals surface area (Å²) < 4.78 is 5.67. The summed E-state index contributed by atoms with van der Waals surface area (Å²) in [4.78, 5) is 28.0. The maximum atomic E-state index is 12.6. The number of carbonyl (C=O) groups excluding carboxylic acids is 2. The minimum atomic E-state index is -0.181. The summed E-state index contributed by atoms with van der Waals surface area (Å²) >= 11 is 0. The Labute approximate surface area is 166 Å². The molecule has 0 aliphatic carbocycles. The first-order valence-corrected chi connectivity index (χ1v) is 9.48. The van der Waals surface area contributed by atoms with E-state index in [4.69, 9.17) is 4.74 Å². The fourth-order valence-corrected chi connectivity index (χ4v) is 3.37. The van der Waals surface area contributed by atoms with Crippen molar-refractivity contribution in [3.63, 3.8) is 0 Å². The van der Waals surface area contributed by atoms with Gasteiger partial charge in [-0.2, -0.15) is 0 Å². The van der Waals surface area contributed by atoms with Crippen molar-refractivity contribution >= 4 is 17.5 Å². The third kappa shape index (κ3) is 4.70. The Kier molecular flexibility index (Phi) is 6.31. The second-order valence-corrected chi connectivity index (χ2v) is 7.16. The van der Waals surface area contributed by atoms with Gasteiger partial charge in [0.05, 0.1) is 12.7 Å². The number of nitrogens with zero attached hydrogens (tertiary/aromatic N) is 2. The fourth-order valence-electron chi connectivity index (χ4n) is 3.37. The highest BCUT2D eigenvalue weighted by Crippen LogP contribution is 2.30. The maximum absolute atomic E-state index is 12.6. The highest BCUT2D eigenvalue weighted by molar-refractivity contribution is 5.96. The zero-order valence-corrected chi connectivity index (χ0v) is 16.6. The molecule has 0 spiro atoms. The molecule has 1 N–H and O–H groups in total. The lowest BCUT2D eigenvalue weighted by atomic mass is 10.0. The molecule has 0 aromatic heterocycles. The van der Waals surface area contributed by atoms with Gasteiger partial charge in [-0.25, -0.2) is 0 Å². The summed E-state index contributed by atoms with van der Waals surface area (Å²) in [5, 5.41) is 2.93. The van der Waals surface area contributed by atoms with Crippen molar-refractivity contribution in [3.05, 3.63) is 54.1 Å². The molecule has 6 nitrogen and oxygen atoms in total. The van der Waals surface area contributed by atoms with Crippen LogP contribution in [0.2, 0.25) is 0 Å². The Morgan fingerprint density at radius 1 is 1.18 bits per heavy atom. The molecule has 3 rings (SSSR count). The zero-order valence-electron chi connectivity index (χ0n) is 16.6. The first-order valence-electron chi connectivity index (χ1n) is 9.48. The third-order valence-electron chi connectivity index (χ3n) is 4.90. The van der Waals surface area contributed by atoms with E-state index in [9.17, 15) is 9.59 Å². The molecule has 2 aromatic rings. The predicted molar refractivity (Wildman–Crippen MR) is 111 cm³/mol. The van der Waals surface area contributed by atoms with E-state index in [0.717, 1.165) is 16.8 Å². The van der Waals surface area contributed by atoms with Crippen LogP contribution in [0.1, 0.15) is 17.3 Å². The molecule has 1 fully saturated rings. The van der Waals surface area contributed by atoms with Crippen LogP contribution in [0.5, 0.6) is 0 Å². The summed E-state index contributed by atoms with van der Waals surface area (Å²) in [6.07, 6.45) is -0.181. The first kappa shape index (κ1) is 19.9. The van der Waals surface area contributed by atoms with E-state index in [1.54, 1.807) is 17.9 Å². The van der Waals surface area contributed by atoms with Gasteiger partial charge >= 0.3 is 0 Å². The average Bonchev–Trinajstić information content (AvgIpc) is 2.72. The molecule has 0 radical (unpaired) electrons. The minimum absolute atomic E-state index is 0.0342. The van der Waals surface area contributed by atoms with Crippen LogP contribution >= 0.6 is 0 Å². The van der Waals surface area contributed by atoms with Crippen LogP contribution in [0.4, 0.5) is 5.69 Å². The number of nitrogens with one attached hydrogen (secondary N) is 1. The molecule has 2 aromatic carbocycles. The van der Waals surface area contributed by atoms with Crippen molar-refractivity contribution in [2.45, 2.75) is 13.0 Å². The number of hydrogen-bond acceptors (Lipinski definition) is 4. The van der Waals surface area contributed by atoms with Gasteiger partial charge in [0, 0.05) is 57.5 Å². The van der Waals surface area contributed by atoms with Crippen molar-refractivity contribution in [1.82, 2.24) is 10.2 Å². The second-order valence-electron chi connectivity index (χ2n) is 7.16. The number of rotatable bonds is 5. The van der Waals surface area contributed by atoms with Crippen molar-refractivity contribution in [2.24, 2.45) is 0 Å². The molecule has 1 aliphatic heterocycles. The van der Waals surface area contributed by atoms with Crippen molar-refractivity contribution in [3.8, 4) is 11.1 Å². The third-order valence-corrected chi connectivity index (χ3v) is 4.90. The van der Waals surface area contributed by atoms with Gasteiger partial charge in [-0.05, 0) is 23.8 Å². The Morgan fingerprint density at radius 3 is 2.71 bits per heavy atom. The first-order chi connectivity index (χ1) is 13.5. The van der Waals surface area contributed by atoms with Crippen LogP contribution in [0.25, 0.3) is 11.1 Å². The van der Waals surface area contributed by atoms with E-state index in [-0.39, 0.29) is 17.9 Å². The summed E-state index contributed by atoms with van der Waals surface area (Å²) in [6, 6.07) is 15.7. The fraction of sp³-hybridized carbons (Fsp3) is 0.364. The second kappa shape index (κ2) is 8.89. The molecule has 0 saturated carbocycles. The number of ether oxygens (including phenoxy) is 1. The highest BCUT2D eigenvalue weighted by atomic mass is 16.5. The van der Waals surface area contributed by atoms with E-state index in [1.807, 2.05) is 44.4 Å².